The minimum atomic E-state index is -2.09. The molecule has 0 unspecified atom stereocenters. The van der Waals surface area contributed by atoms with Crippen LogP contribution >= 0.6 is 11.6 Å². The van der Waals surface area contributed by atoms with E-state index >= 15 is 0 Å². The van der Waals surface area contributed by atoms with Crippen LogP contribution in [0.15, 0.2) is 18.2 Å². The van der Waals surface area contributed by atoms with Crippen LogP contribution in [0.4, 0.5) is 5.69 Å². The molecule has 1 aromatic rings. The number of fused-ring (bicyclic) bond motifs is 1. The molecule has 4 amide bonds. The average Bonchev–Trinajstić information content (AvgIpc) is 2.76. The van der Waals surface area contributed by atoms with Gasteiger partial charge in [-0.1, -0.05) is 17.7 Å². The van der Waals surface area contributed by atoms with Crippen molar-refractivity contribution in [2.24, 2.45) is 0 Å². The molecule has 1 fully saturated rings. The Hall–Kier alpha value is -2.81. The fourth-order valence-electron chi connectivity index (χ4n) is 2.63. The minimum Gasteiger partial charge on any atom is -0.293 e. The van der Waals surface area contributed by atoms with E-state index in [0.717, 1.165) is 6.07 Å². The highest BCUT2D eigenvalue weighted by molar-refractivity contribution is 6.41. The average molecular weight is 338 g/mol. The molecule has 0 spiro atoms. The molecule has 3 rings (SSSR count). The van der Waals surface area contributed by atoms with E-state index in [9.17, 15) is 29.3 Å². The van der Waals surface area contributed by atoms with E-state index in [2.05, 4.69) is 0 Å². The molecule has 23 heavy (non-hydrogen) atoms. The van der Waals surface area contributed by atoms with E-state index < -0.39 is 44.8 Å². The number of halogens is 1. The molecule has 0 radical (unpaired) electrons. The zero-order valence-corrected chi connectivity index (χ0v) is 12.1. The number of benzene rings is 1. The Bertz CT molecular complexity index is 807. The summed E-state index contributed by atoms with van der Waals surface area (Å²) in [5.41, 5.74) is -1.16. The molecule has 9 nitrogen and oxygen atoms in total. The molecule has 10 heteroatoms. The van der Waals surface area contributed by atoms with Crippen LogP contribution in [0.5, 0.6) is 0 Å². The highest BCUT2D eigenvalue weighted by Gasteiger charge is 2.56. The third-order valence-corrected chi connectivity index (χ3v) is 4.26. The van der Waals surface area contributed by atoms with Gasteiger partial charge in [-0.2, -0.15) is 0 Å². The predicted octanol–water partition coefficient (Wildman–Crippen LogP) is 0.562. The van der Waals surface area contributed by atoms with Gasteiger partial charge in [0.2, 0.25) is 10.9 Å². The van der Waals surface area contributed by atoms with Gasteiger partial charge in [0.05, 0.1) is 10.5 Å². The van der Waals surface area contributed by atoms with Gasteiger partial charge in [0.15, 0.2) is 0 Å². The van der Waals surface area contributed by atoms with Gasteiger partial charge < -0.3 is 0 Å². The molecule has 2 aliphatic rings. The second kappa shape index (κ2) is 4.85. The van der Waals surface area contributed by atoms with Crippen molar-refractivity contribution in [1.29, 1.82) is 0 Å². The van der Waals surface area contributed by atoms with Crippen molar-refractivity contribution in [2.45, 2.75) is 17.8 Å². The van der Waals surface area contributed by atoms with Gasteiger partial charge in [0.1, 0.15) is 5.56 Å². The Morgan fingerprint density at radius 1 is 1.22 bits per heavy atom. The Labute approximate surface area is 133 Å². The summed E-state index contributed by atoms with van der Waals surface area (Å²) in [4.78, 5) is 56.9. The quantitative estimate of drug-likeness (QED) is 0.276. The Morgan fingerprint density at radius 2 is 1.91 bits per heavy atom. The number of carbonyl (C=O) groups excluding carboxylic acids is 4. The topological polar surface area (TPSA) is 127 Å². The third-order valence-electron chi connectivity index (χ3n) is 3.73. The number of rotatable bonds is 2. The number of nitrogens with one attached hydrogen (secondary N) is 1. The summed E-state index contributed by atoms with van der Waals surface area (Å²) in [5, 5.41) is 13.0. The van der Waals surface area contributed by atoms with Crippen molar-refractivity contribution in [3.05, 3.63) is 39.4 Å². The normalized spacial score (nSPS) is 23.8. The van der Waals surface area contributed by atoms with E-state index in [0.29, 0.717) is 4.90 Å². The number of imide groups is 2. The molecule has 0 aromatic heterocycles. The van der Waals surface area contributed by atoms with Crippen molar-refractivity contribution in [3.63, 3.8) is 0 Å². The minimum absolute atomic E-state index is 0.162. The molecular weight excluding hydrogens is 330 g/mol. The van der Waals surface area contributed by atoms with E-state index in [-0.39, 0.29) is 18.4 Å². The summed E-state index contributed by atoms with van der Waals surface area (Å²) in [5.74, 6) is -3.52. The van der Waals surface area contributed by atoms with Crippen LogP contribution in [0, 0.1) is 10.1 Å². The molecule has 1 aromatic carbocycles. The van der Waals surface area contributed by atoms with Crippen molar-refractivity contribution in [1.82, 2.24) is 10.2 Å². The first kappa shape index (κ1) is 15.1. The molecule has 2 heterocycles. The van der Waals surface area contributed by atoms with E-state index in [1.807, 2.05) is 5.32 Å². The van der Waals surface area contributed by atoms with Crippen LogP contribution < -0.4 is 5.32 Å². The number of alkyl halides is 1. The van der Waals surface area contributed by atoms with Crippen LogP contribution in [-0.4, -0.2) is 38.5 Å². The number of carbonyl (C=O) groups is 4. The molecule has 1 saturated heterocycles. The summed E-state index contributed by atoms with van der Waals surface area (Å²) in [6.07, 6.45) is -0.427. The standard InChI is InChI=1S/C13H8ClN3O6/c14-13(5-4-8(18)15-12(13)21)16-10(19)6-2-1-3-7(17(22)23)9(6)11(16)20/h1-3H,4-5H2,(H,15,18,21)/t13-/m1/s1. The van der Waals surface area contributed by atoms with Gasteiger partial charge in [-0.05, 0) is 6.07 Å². The van der Waals surface area contributed by atoms with Crippen molar-refractivity contribution < 1.29 is 24.1 Å². The Morgan fingerprint density at radius 3 is 2.52 bits per heavy atom. The van der Waals surface area contributed by atoms with Gasteiger partial charge >= 0.3 is 0 Å². The molecule has 0 saturated carbocycles. The zero-order chi connectivity index (χ0) is 16.9. The van der Waals surface area contributed by atoms with Crippen LogP contribution in [0.2, 0.25) is 0 Å². The van der Waals surface area contributed by atoms with Crippen molar-refractivity contribution >= 4 is 40.9 Å². The first-order valence-corrected chi connectivity index (χ1v) is 6.84. The zero-order valence-electron chi connectivity index (χ0n) is 11.4. The van der Waals surface area contributed by atoms with Gasteiger partial charge in [-0.15, -0.1) is 0 Å². The predicted molar refractivity (Wildman–Crippen MR) is 74.6 cm³/mol. The number of amides is 4. The van der Waals surface area contributed by atoms with Gasteiger partial charge in [0.25, 0.3) is 23.4 Å². The lowest BCUT2D eigenvalue weighted by atomic mass is 10.0. The maximum absolute atomic E-state index is 12.5. The molecule has 0 bridgehead atoms. The molecule has 1 atom stereocenters. The van der Waals surface area contributed by atoms with Crippen molar-refractivity contribution in [2.75, 3.05) is 0 Å². The van der Waals surface area contributed by atoms with Crippen LogP contribution in [0.1, 0.15) is 33.6 Å². The van der Waals surface area contributed by atoms with E-state index in [1.165, 1.54) is 12.1 Å². The summed E-state index contributed by atoms with van der Waals surface area (Å²) in [6.45, 7) is 0. The monoisotopic (exact) mass is 337 g/mol. The lowest BCUT2D eigenvalue weighted by Gasteiger charge is -2.35. The maximum Gasteiger partial charge on any atom is 0.282 e. The van der Waals surface area contributed by atoms with E-state index in [4.69, 9.17) is 11.6 Å². The lowest BCUT2D eigenvalue weighted by Crippen LogP contribution is -2.61. The lowest BCUT2D eigenvalue weighted by molar-refractivity contribution is -0.385. The molecule has 1 N–H and O–H groups in total. The second-order valence-corrected chi connectivity index (χ2v) is 5.66. The highest BCUT2D eigenvalue weighted by Crippen LogP contribution is 2.39. The molecular formula is C13H8ClN3O6. The van der Waals surface area contributed by atoms with Gasteiger partial charge in [-0.3, -0.25) is 34.6 Å². The number of nitrogens with zero attached hydrogens (tertiary/aromatic N) is 2. The van der Waals surface area contributed by atoms with E-state index in [1.54, 1.807) is 0 Å². The van der Waals surface area contributed by atoms with Crippen molar-refractivity contribution in [3.8, 4) is 0 Å². The van der Waals surface area contributed by atoms with Crippen LogP contribution in [0.25, 0.3) is 0 Å². The SMILES string of the molecule is O=C1CC[C@@](Cl)(N2C(=O)c3cccc([N+](=O)[O-])c3C2=O)C(=O)N1. The third kappa shape index (κ3) is 2.00. The number of nitro benzene ring substituents is 1. The smallest absolute Gasteiger partial charge is 0.282 e. The maximum atomic E-state index is 12.5. The molecule has 118 valence electrons. The number of hydrogen-bond acceptors (Lipinski definition) is 6. The number of piperidine rings is 1. The largest absolute Gasteiger partial charge is 0.293 e. The van der Waals surface area contributed by atoms with Crippen LogP contribution in [0.3, 0.4) is 0 Å². The Kier molecular flexibility index (Phi) is 3.18. The first-order valence-electron chi connectivity index (χ1n) is 6.47. The van der Waals surface area contributed by atoms with Gasteiger partial charge in [0, 0.05) is 18.9 Å². The number of nitro groups is 1. The highest BCUT2D eigenvalue weighted by atomic mass is 35.5. The summed E-state index contributed by atoms with van der Waals surface area (Å²) in [7, 11) is 0. The summed E-state index contributed by atoms with van der Waals surface area (Å²) >= 11 is 6.16. The Balaban J connectivity index is 2.11. The fraction of sp³-hybridized carbons (Fsp3) is 0.231. The fourth-order valence-corrected chi connectivity index (χ4v) is 2.93. The summed E-state index contributed by atoms with van der Waals surface area (Å²) < 4.78 is 0. The molecule has 0 aliphatic carbocycles. The summed E-state index contributed by atoms with van der Waals surface area (Å²) in [6, 6.07) is 3.59. The second-order valence-electron chi connectivity index (χ2n) is 5.04. The van der Waals surface area contributed by atoms with Crippen LogP contribution in [-0.2, 0) is 9.59 Å². The number of hydrogen-bond donors (Lipinski definition) is 1. The molecule has 2 aliphatic heterocycles. The first-order chi connectivity index (χ1) is 10.8. The van der Waals surface area contributed by atoms with Gasteiger partial charge in [-0.25, -0.2) is 4.90 Å².